The Morgan fingerprint density at radius 2 is 2.11 bits per heavy atom. The summed E-state index contributed by atoms with van der Waals surface area (Å²) >= 11 is 2.25. The van der Waals surface area contributed by atoms with Crippen molar-refractivity contribution in [2.24, 2.45) is 0 Å². The third-order valence-electron chi connectivity index (χ3n) is 2.51. The third kappa shape index (κ3) is 3.35. The van der Waals surface area contributed by atoms with Gasteiger partial charge in [0.2, 0.25) is 0 Å². The Morgan fingerprint density at radius 1 is 1.22 bits per heavy atom. The second-order valence-electron chi connectivity index (χ2n) is 3.73. The third-order valence-corrected chi connectivity index (χ3v) is 3.36. The zero-order valence-corrected chi connectivity index (χ0v) is 12.3. The van der Waals surface area contributed by atoms with Gasteiger partial charge in [0.05, 0.1) is 17.3 Å². The van der Waals surface area contributed by atoms with Gasteiger partial charge in [0.1, 0.15) is 0 Å². The number of pyridine rings is 1. The van der Waals surface area contributed by atoms with Gasteiger partial charge in [0.25, 0.3) is 0 Å². The number of halogens is 1. The van der Waals surface area contributed by atoms with Crippen LogP contribution in [0.4, 0.5) is 0 Å². The second-order valence-corrected chi connectivity index (χ2v) is 4.89. The van der Waals surface area contributed by atoms with Crippen LogP contribution in [-0.4, -0.2) is 18.7 Å². The molecule has 0 aliphatic carbocycles. The van der Waals surface area contributed by atoms with Crippen molar-refractivity contribution in [2.75, 3.05) is 13.7 Å². The number of benzene rings is 1. The van der Waals surface area contributed by atoms with Crippen LogP contribution in [0.2, 0.25) is 0 Å². The van der Waals surface area contributed by atoms with Crippen LogP contribution in [0.1, 0.15) is 5.56 Å². The normalized spacial score (nSPS) is 10.1. The minimum atomic E-state index is 0.613. The lowest BCUT2D eigenvalue weighted by Gasteiger charge is -2.12. The molecule has 0 saturated carbocycles. The summed E-state index contributed by atoms with van der Waals surface area (Å²) < 4.78 is 12.1. The number of rotatable bonds is 5. The molecule has 18 heavy (non-hydrogen) atoms. The highest BCUT2D eigenvalue weighted by Crippen LogP contribution is 2.31. The molecule has 0 fully saturated rings. The Morgan fingerprint density at radius 3 is 2.83 bits per heavy atom. The summed E-state index contributed by atoms with van der Waals surface area (Å²) in [6.45, 7) is 0.613. The number of para-hydroxylation sites is 1. The lowest BCUT2D eigenvalue weighted by atomic mass is 10.2. The molecule has 0 saturated heterocycles. The Balaban J connectivity index is 1.98. The summed E-state index contributed by atoms with van der Waals surface area (Å²) in [5, 5.41) is 0. The Bertz CT molecular complexity index is 502. The van der Waals surface area contributed by atoms with E-state index in [1.165, 1.54) is 5.56 Å². The van der Waals surface area contributed by atoms with Gasteiger partial charge in [-0.3, -0.25) is 4.98 Å². The summed E-state index contributed by atoms with van der Waals surface area (Å²) in [4.78, 5) is 4.08. The Kier molecular flexibility index (Phi) is 4.81. The van der Waals surface area contributed by atoms with Crippen molar-refractivity contribution in [3.8, 4) is 11.5 Å². The highest BCUT2D eigenvalue weighted by atomic mass is 127. The molecule has 0 spiro atoms. The highest BCUT2D eigenvalue weighted by Gasteiger charge is 2.08. The molecule has 1 aromatic heterocycles. The molecule has 2 rings (SSSR count). The first-order valence-electron chi connectivity index (χ1n) is 5.65. The van der Waals surface area contributed by atoms with E-state index in [-0.39, 0.29) is 0 Å². The molecule has 0 unspecified atom stereocenters. The Labute approximate surface area is 120 Å². The van der Waals surface area contributed by atoms with Gasteiger partial charge < -0.3 is 9.47 Å². The van der Waals surface area contributed by atoms with E-state index in [1.54, 1.807) is 13.3 Å². The SMILES string of the molecule is COc1cccc(I)c1OCCc1cccnc1. The molecule has 0 atom stereocenters. The predicted molar refractivity (Wildman–Crippen MR) is 79.1 cm³/mol. The molecule has 0 aliphatic heterocycles. The molecule has 1 aromatic carbocycles. The van der Waals surface area contributed by atoms with E-state index < -0.39 is 0 Å². The lowest BCUT2D eigenvalue weighted by molar-refractivity contribution is 0.295. The van der Waals surface area contributed by atoms with Crippen molar-refractivity contribution in [1.82, 2.24) is 4.98 Å². The van der Waals surface area contributed by atoms with Crippen LogP contribution in [0.25, 0.3) is 0 Å². The maximum Gasteiger partial charge on any atom is 0.174 e. The zero-order chi connectivity index (χ0) is 12.8. The first-order chi connectivity index (χ1) is 8.81. The van der Waals surface area contributed by atoms with Gasteiger partial charge in [0.15, 0.2) is 11.5 Å². The van der Waals surface area contributed by atoms with Gasteiger partial charge in [-0.05, 0) is 46.4 Å². The summed E-state index contributed by atoms with van der Waals surface area (Å²) in [7, 11) is 1.65. The number of ether oxygens (including phenoxy) is 2. The van der Waals surface area contributed by atoms with Crippen molar-refractivity contribution in [3.63, 3.8) is 0 Å². The van der Waals surface area contributed by atoms with E-state index in [4.69, 9.17) is 9.47 Å². The van der Waals surface area contributed by atoms with Crippen molar-refractivity contribution < 1.29 is 9.47 Å². The van der Waals surface area contributed by atoms with Crippen molar-refractivity contribution in [3.05, 3.63) is 51.9 Å². The van der Waals surface area contributed by atoms with E-state index in [2.05, 4.69) is 27.6 Å². The van der Waals surface area contributed by atoms with Gasteiger partial charge in [-0.15, -0.1) is 0 Å². The first-order valence-corrected chi connectivity index (χ1v) is 6.73. The fraction of sp³-hybridized carbons (Fsp3) is 0.214. The van der Waals surface area contributed by atoms with E-state index in [0.717, 1.165) is 21.5 Å². The standard InChI is InChI=1S/C14H14INO2/c1-17-13-6-2-5-12(15)14(13)18-9-7-11-4-3-8-16-10-11/h2-6,8,10H,7,9H2,1H3. The molecule has 1 heterocycles. The van der Waals surface area contributed by atoms with Crippen LogP contribution in [0.15, 0.2) is 42.7 Å². The van der Waals surface area contributed by atoms with E-state index in [1.807, 2.05) is 36.5 Å². The molecular formula is C14H14INO2. The van der Waals surface area contributed by atoms with Crippen LogP contribution in [0, 0.1) is 3.57 Å². The molecule has 94 valence electrons. The maximum absolute atomic E-state index is 5.80. The smallest absolute Gasteiger partial charge is 0.174 e. The number of methoxy groups -OCH3 is 1. The van der Waals surface area contributed by atoms with E-state index in [9.17, 15) is 0 Å². The molecular weight excluding hydrogens is 341 g/mol. The highest BCUT2D eigenvalue weighted by molar-refractivity contribution is 14.1. The van der Waals surface area contributed by atoms with Crippen LogP contribution in [0.3, 0.4) is 0 Å². The van der Waals surface area contributed by atoms with Crippen LogP contribution in [0.5, 0.6) is 11.5 Å². The van der Waals surface area contributed by atoms with Crippen molar-refractivity contribution in [2.45, 2.75) is 6.42 Å². The summed E-state index contributed by atoms with van der Waals surface area (Å²) in [5.41, 5.74) is 1.17. The van der Waals surface area contributed by atoms with Gasteiger partial charge in [0, 0.05) is 18.8 Å². The van der Waals surface area contributed by atoms with E-state index in [0.29, 0.717) is 6.61 Å². The first kappa shape index (κ1) is 13.1. The summed E-state index contributed by atoms with van der Waals surface area (Å²) in [5.74, 6) is 1.58. The molecule has 0 aliphatic rings. The van der Waals surface area contributed by atoms with Crippen LogP contribution in [-0.2, 0) is 6.42 Å². The van der Waals surface area contributed by atoms with E-state index >= 15 is 0 Å². The van der Waals surface area contributed by atoms with Gasteiger partial charge >= 0.3 is 0 Å². The second kappa shape index (κ2) is 6.58. The monoisotopic (exact) mass is 355 g/mol. The molecule has 0 N–H and O–H groups in total. The quantitative estimate of drug-likeness (QED) is 0.772. The van der Waals surface area contributed by atoms with Gasteiger partial charge in [-0.25, -0.2) is 0 Å². The van der Waals surface area contributed by atoms with Crippen LogP contribution < -0.4 is 9.47 Å². The predicted octanol–water partition coefficient (Wildman–Crippen LogP) is 3.32. The maximum atomic E-state index is 5.80. The number of hydrogen-bond donors (Lipinski definition) is 0. The molecule has 0 radical (unpaired) electrons. The van der Waals surface area contributed by atoms with Crippen molar-refractivity contribution in [1.29, 1.82) is 0 Å². The van der Waals surface area contributed by atoms with Gasteiger partial charge in [-0.1, -0.05) is 12.1 Å². The molecule has 0 bridgehead atoms. The zero-order valence-electron chi connectivity index (χ0n) is 10.1. The Hall–Kier alpha value is -1.30. The minimum absolute atomic E-state index is 0.613. The fourth-order valence-electron chi connectivity index (χ4n) is 1.61. The average Bonchev–Trinajstić information content (AvgIpc) is 2.41. The number of aromatic nitrogens is 1. The summed E-state index contributed by atoms with van der Waals surface area (Å²) in [6, 6.07) is 9.84. The van der Waals surface area contributed by atoms with Gasteiger partial charge in [-0.2, -0.15) is 0 Å². The topological polar surface area (TPSA) is 31.4 Å². The molecule has 0 amide bonds. The lowest BCUT2D eigenvalue weighted by Crippen LogP contribution is -2.04. The molecule has 4 heteroatoms. The number of hydrogen-bond acceptors (Lipinski definition) is 3. The minimum Gasteiger partial charge on any atom is -0.493 e. The van der Waals surface area contributed by atoms with Crippen molar-refractivity contribution >= 4 is 22.6 Å². The number of nitrogens with zero attached hydrogens (tertiary/aromatic N) is 1. The average molecular weight is 355 g/mol. The molecule has 2 aromatic rings. The van der Waals surface area contributed by atoms with Crippen LogP contribution >= 0.6 is 22.6 Å². The largest absolute Gasteiger partial charge is 0.493 e. The summed E-state index contributed by atoms with van der Waals surface area (Å²) in [6.07, 6.45) is 4.46. The fourth-order valence-corrected chi connectivity index (χ4v) is 2.24. The molecule has 3 nitrogen and oxygen atoms in total.